The Hall–Kier alpha value is -0.820. The third-order valence-electron chi connectivity index (χ3n) is 1.60. The van der Waals surface area contributed by atoms with E-state index in [-0.39, 0.29) is 0 Å². The Labute approximate surface area is 68.5 Å². The molecule has 0 unspecified atom stereocenters. The van der Waals surface area contributed by atoms with Crippen LogP contribution in [0.4, 0.5) is 0 Å². The molecule has 0 saturated carbocycles. The van der Waals surface area contributed by atoms with Crippen molar-refractivity contribution >= 4 is 0 Å². The van der Waals surface area contributed by atoms with Gasteiger partial charge < -0.3 is 5.32 Å². The number of nitrogens with one attached hydrogen (secondary N) is 1. The third-order valence-corrected chi connectivity index (χ3v) is 1.60. The molecule has 0 bridgehead atoms. The molecule has 60 valence electrons. The Balaban J connectivity index is 2.34. The summed E-state index contributed by atoms with van der Waals surface area (Å²) >= 11 is 0. The van der Waals surface area contributed by atoms with Gasteiger partial charge in [0.25, 0.3) is 0 Å². The molecule has 0 atom stereocenters. The van der Waals surface area contributed by atoms with Gasteiger partial charge in [0.05, 0.1) is 0 Å². The van der Waals surface area contributed by atoms with Crippen molar-refractivity contribution in [3.05, 3.63) is 36.5 Å². The van der Waals surface area contributed by atoms with E-state index in [0.29, 0.717) is 6.04 Å². The second kappa shape index (κ2) is 4.91. The normalized spacial score (nSPS) is 17.2. The predicted molar refractivity (Wildman–Crippen MR) is 49.5 cm³/mol. The van der Waals surface area contributed by atoms with Gasteiger partial charge in [-0.2, -0.15) is 0 Å². The molecular formula is C10H15N. The lowest BCUT2D eigenvalue weighted by atomic mass is 10.2. The lowest BCUT2D eigenvalue weighted by Gasteiger charge is -2.07. The number of rotatable bonds is 3. The molecule has 0 aromatic carbocycles. The molecule has 1 rings (SSSR count). The van der Waals surface area contributed by atoms with Crippen molar-refractivity contribution in [3.63, 3.8) is 0 Å². The van der Waals surface area contributed by atoms with Crippen molar-refractivity contribution in [3.8, 4) is 0 Å². The van der Waals surface area contributed by atoms with E-state index in [9.17, 15) is 0 Å². The van der Waals surface area contributed by atoms with Gasteiger partial charge >= 0.3 is 0 Å². The minimum absolute atomic E-state index is 0.421. The van der Waals surface area contributed by atoms with Crippen molar-refractivity contribution in [1.82, 2.24) is 5.32 Å². The van der Waals surface area contributed by atoms with E-state index >= 15 is 0 Å². The second-order valence-electron chi connectivity index (χ2n) is 2.63. The highest BCUT2D eigenvalue weighted by Gasteiger charge is 1.96. The van der Waals surface area contributed by atoms with Gasteiger partial charge in [0.1, 0.15) is 0 Å². The summed E-state index contributed by atoms with van der Waals surface area (Å²) in [6.45, 7) is 3.26. The summed E-state index contributed by atoms with van der Waals surface area (Å²) < 4.78 is 0. The Morgan fingerprint density at radius 2 is 1.73 bits per heavy atom. The van der Waals surface area contributed by atoms with E-state index in [1.165, 1.54) is 6.42 Å². The van der Waals surface area contributed by atoms with Crippen molar-refractivity contribution < 1.29 is 0 Å². The first-order valence-corrected chi connectivity index (χ1v) is 4.18. The third kappa shape index (κ3) is 3.19. The van der Waals surface area contributed by atoms with E-state index < -0.39 is 0 Å². The van der Waals surface area contributed by atoms with Gasteiger partial charge in [0.2, 0.25) is 0 Å². The quantitative estimate of drug-likeness (QED) is 0.647. The van der Waals surface area contributed by atoms with Gasteiger partial charge in [-0.25, -0.2) is 0 Å². The SMILES string of the molecule is CCCNC1C=CC=CC=C1. The standard InChI is InChI=1S/C10H15N/c1-2-9-11-10-7-5-3-4-6-8-10/h3-8,10-11H,2,9H2,1H3. The fourth-order valence-electron chi connectivity index (χ4n) is 1.01. The molecule has 11 heavy (non-hydrogen) atoms. The highest BCUT2D eigenvalue weighted by molar-refractivity contribution is 5.21. The van der Waals surface area contributed by atoms with Gasteiger partial charge in [0, 0.05) is 6.04 Å². The lowest BCUT2D eigenvalue weighted by Crippen LogP contribution is -2.25. The van der Waals surface area contributed by atoms with Crippen LogP contribution in [0.3, 0.4) is 0 Å². The zero-order valence-electron chi connectivity index (χ0n) is 6.96. The molecule has 0 radical (unpaired) electrons. The lowest BCUT2D eigenvalue weighted by molar-refractivity contribution is 0.661. The van der Waals surface area contributed by atoms with E-state index in [4.69, 9.17) is 0 Å². The average Bonchev–Trinajstić information content (AvgIpc) is 2.28. The van der Waals surface area contributed by atoms with E-state index in [1.807, 2.05) is 12.2 Å². The van der Waals surface area contributed by atoms with Crippen LogP contribution in [0.5, 0.6) is 0 Å². The summed E-state index contributed by atoms with van der Waals surface area (Å²) in [6.07, 6.45) is 13.8. The summed E-state index contributed by atoms with van der Waals surface area (Å²) in [5, 5.41) is 3.40. The molecule has 0 aliphatic heterocycles. The molecule has 1 aliphatic rings. The molecule has 0 aromatic rings. The second-order valence-corrected chi connectivity index (χ2v) is 2.63. The Kier molecular flexibility index (Phi) is 3.70. The van der Waals surface area contributed by atoms with Crippen LogP contribution in [0.1, 0.15) is 13.3 Å². The molecule has 0 amide bonds. The maximum absolute atomic E-state index is 3.40. The average molecular weight is 149 g/mol. The molecule has 1 aliphatic carbocycles. The van der Waals surface area contributed by atoms with Crippen LogP contribution in [-0.4, -0.2) is 12.6 Å². The van der Waals surface area contributed by atoms with Crippen molar-refractivity contribution in [1.29, 1.82) is 0 Å². The van der Waals surface area contributed by atoms with Crippen molar-refractivity contribution in [2.75, 3.05) is 6.54 Å². The maximum Gasteiger partial charge on any atom is 0.0441 e. The van der Waals surface area contributed by atoms with E-state index in [0.717, 1.165) is 6.54 Å². The van der Waals surface area contributed by atoms with Gasteiger partial charge in [0.15, 0.2) is 0 Å². The fourth-order valence-corrected chi connectivity index (χ4v) is 1.01. The van der Waals surface area contributed by atoms with Gasteiger partial charge in [-0.1, -0.05) is 43.4 Å². The monoisotopic (exact) mass is 149 g/mol. The Morgan fingerprint density at radius 3 is 2.27 bits per heavy atom. The molecule has 0 aromatic heterocycles. The summed E-state index contributed by atoms with van der Waals surface area (Å²) in [7, 11) is 0. The van der Waals surface area contributed by atoms with Crippen LogP contribution in [-0.2, 0) is 0 Å². The molecule has 1 nitrogen and oxygen atoms in total. The van der Waals surface area contributed by atoms with Crippen LogP contribution in [0, 0.1) is 0 Å². The molecule has 1 heteroatoms. The van der Waals surface area contributed by atoms with Crippen LogP contribution >= 0.6 is 0 Å². The summed E-state index contributed by atoms with van der Waals surface area (Å²) in [5.74, 6) is 0. The first-order chi connectivity index (χ1) is 5.43. The Bertz CT molecular complexity index is 161. The molecule has 0 fully saturated rings. The van der Waals surface area contributed by atoms with Crippen LogP contribution < -0.4 is 5.32 Å². The first kappa shape index (κ1) is 8.28. The Morgan fingerprint density at radius 1 is 1.09 bits per heavy atom. The van der Waals surface area contributed by atoms with Gasteiger partial charge in [-0.15, -0.1) is 0 Å². The molecule has 0 heterocycles. The molecule has 1 N–H and O–H groups in total. The largest absolute Gasteiger partial charge is 0.307 e. The number of hydrogen-bond acceptors (Lipinski definition) is 1. The maximum atomic E-state index is 3.40. The molecule has 0 saturated heterocycles. The predicted octanol–water partition coefficient (Wildman–Crippen LogP) is 2.04. The highest BCUT2D eigenvalue weighted by Crippen LogP contribution is 1.96. The van der Waals surface area contributed by atoms with E-state index in [2.05, 4.69) is 36.5 Å². The molecule has 0 spiro atoms. The summed E-state index contributed by atoms with van der Waals surface area (Å²) in [6, 6.07) is 0.421. The minimum Gasteiger partial charge on any atom is -0.307 e. The molecular weight excluding hydrogens is 134 g/mol. The highest BCUT2D eigenvalue weighted by atomic mass is 14.9. The number of hydrogen-bond donors (Lipinski definition) is 1. The summed E-state index contributed by atoms with van der Waals surface area (Å²) in [5.41, 5.74) is 0. The summed E-state index contributed by atoms with van der Waals surface area (Å²) in [4.78, 5) is 0. The van der Waals surface area contributed by atoms with Crippen LogP contribution in [0.15, 0.2) is 36.5 Å². The van der Waals surface area contributed by atoms with Crippen molar-refractivity contribution in [2.45, 2.75) is 19.4 Å². The van der Waals surface area contributed by atoms with Crippen molar-refractivity contribution in [2.24, 2.45) is 0 Å². The van der Waals surface area contributed by atoms with Gasteiger partial charge in [-0.3, -0.25) is 0 Å². The smallest absolute Gasteiger partial charge is 0.0441 e. The van der Waals surface area contributed by atoms with Crippen LogP contribution in [0.2, 0.25) is 0 Å². The first-order valence-electron chi connectivity index (χ1n) is 4.18. The fraction of sp³-hybridized carbons (Fsp3) is 0.400. The van der Waals surface area contributed by atoms with E-state index in [1.54, 1.807) is 0 Å². The minimum atomic E-state index is 0.421. The van der Waals surface area contributed by atoms with Crippen LogP contribution in [0.25, 0.3) is 0 Å². The zero-order valence-corrected chi connectivity index (χ0v) is 6.96. The number of allylic oxidation sites excluding steroid dienone is 4. The topological polar surface area (TPSA) is 12.0 Å². The zero-order chi connectivity index (χ0) is 7.94. The van der Waals surface area contributed by atoms with Gasteiger partial charge in [-0.05, 0) is 13.0 Å².